The van der Waals surface area contributed by atoms with E-state index in [1.54, 1.807) is 13.0 Å². The molecule has 5 heteroatoms. The minimum atomic E-state index is -0.306. The van der Waals surface area contributed by atoms with Gasteiger partial charge in [0.15, 0.2) is 0 Å². The van der Waals surface area contributed by atoms with E-state index in [9.17, 15) is 10.1 Å². The molecule has 0 aliphatic carbocycles. The quantitative estimate of drug-likeness (QED) is 0.669. The number of hydrogen-bond donors (Lipinski definition) is 1. The highest BCUT2D eigenvalue weighted by Crippen LogP contribution is 2.20. The van der Waals surface area contributed by atoms with Crippen molar-refractivity contribution in [2.75, 3.05) is 13.1 Å². The van der Waals surface area contributed by atoms with Crippen LogP contribution in [-0.2, 0) is 6.54 Å². The monoisotopic (exact) mass is 291 g/mol. The molecular formula is C16H25N3O2. The highest BCUT2D eigenvalue weighted by atomic mass is 16.6. The number of nitrogens with one attached hydrogen (secondary N) is 1. The first-order chi connectivity index (χ1) is 9.97. The van der Waals surface area contributed by atoms with Gasteiger partial charge in [0, 0.05) is 30.3 Å². The van der Waals surface area contributed by atoms with E-state index < -0.39 is 0 Å². The Kier molecular flexibility index (Phi) is 5.31. The number of nitro benzene ring substituents is 1. The first kappa shape index (κ1) is 15.9. The summed E-state index contributed by atoms with van der Waals surface area (Å²) in [4.78, 5) is 13.1. The summed E-state index contributed by atoms with van der Waals surface area (Å²) >= 11 is 0. The Morgan fingerprint density at radius 2 is 2.05 bits per heavy atom. The maximum atomic E-state index is 11.0. The Morgan fingerprint density at radius 3 is 2.62 bits per heavy atom. The minimum absolute atomic E-state index is 0.212. The van der Waals surface area contributed by atoms with E-state index in [1.807, 2.05) is 12.1 Å². The summed E-state index contributed by atoms with van der Waals surface area (Å²) in [5.74, 6) is 0. The lowest BCUT2D eigenvalue weighted by atomic mass is 10.0. The van der Waals surface area contributed by atoms with Gasteiger partial charge in [0.2, 0.25) is 0 Å². The lowest BCUT2D eigenvalue weighted by molar-refractivity contribution is -0.385. The number of nitrogens with zero attached hydrogens (tertiary/aromatic N) is 2. The molecule has 1 heterocycles. The number of rotatable bonds is 5. The molecule has 116 valence electrons. The Morgan fingerprint density at radius 1 is 1.38 bits per heavy atom. The summed E-state index contributed by atoms with van der Waals surface area (Å²) in [5.41, 5.74) is 1.91. The smallest absolute Gasteiger partial charge is 0.272 e. The zero-order valence-corrected chi connectivity index (χ0v) is 13.1. The highest BCUT2D eigenvalue weighted by molar-refractivity contribution is 5.42. The van der Waals surface area contributed by atoms with Gasteiger partial charge >= 0.3 is 0 Å². The molecule has 0 spiro atoms. The van der Waals surface area contributed by atoms with Crippen LogP contribution >= 0.6 is 0 Å². The lowest BCUT2D eigenvalue weighted by Crippen LogP contribution is -2.44. The molecule has 0 atom stereocenters. The van der Waals surface area contributed by atoms with Crippen LogP contribution in [0.25, 0.3) is 0 Å². The Bertz CT molecular complexity index is 494. The van der Waals surface area contributed by atoms with Gasteiger partial charge in [-0.2, -0.15) is 0 Å². The van der Waals surface area contributed by atoms with Gasteiger partial charge in [-0.05, 0) is 52.3 Å². The molecule has 1 aromatic carbocycles. The number of hydrogen-bond acceptors (Lipinski definition) is 4. The molecule has 0 bridgehead atoms. The predicted molar refractivity (Wildman–Crippen MR) is 84.4 cm³/mol. The van der Waals surface area contributed by atoms with Crippen LogP contribution in [0.3, 0.4) is 0 Å². The molecular weight excluding hydrogens is 266 g/mol. The highest BCUT2D eigenvalue weighted by Gasteiger charge is 2.20. The van der Waals surface area contributed by atoms with Gasteiger partial charge in [-0.15, -0.1) is 0 Å². The van der Waals surface area contributed by atoms with Crippen molar-refractivity contribution >= 4 is 5.69 Å². The molecule has 0 unspecified atom stereocenters. The van der Waals surface area contributed by atoms with Crippen LogP contribution in [0, 0.1) is 17.0 Å². The SMILES string of the molecule is Cc1ccc(CNC2CCN(C(C)C)CC2)cc1[N+](=O)[O-]. The zero-order chi connectivity index (χ0) is 15.4. The first-order valence-electron chi connectivity index (χ1n) is 7.68. The predicted octanol–water partition coefficient (Wildman–Crippen LogP) is 2.87. The molecule has 1 N–H and O–H groups in total. The van der Waals surface area contributed by atoms with Gasteiger partial charge in [0.1, 0.15) is 0 Å². The van der Waals surface area contributed by atoms with Crippen LogP contribution < -0.4 is 5.32 Å². The van der Waals surface area contributed by atoms with Crippen LogP contribution in [-0.4, -0.2) is 35.0 Å². The molecule has 1 aliphatic heterocycles. The van der Waals surface area contributed by atoms with E-state index >= 15 is 0 Å². The van der Waals surface area contributed by atoms with E-state index in [4.69, 9.17) is 0 Å². The van der Waals surface area contributed by atoms with Gasteiger partial charge in [0.25, 0.3) is 5.69 Å². The number of likely N-dealkylation sites (tertiary alicyclic amines) is 1. The lowest BCUT2D eigenvalue weighted by Gasteiger charge is -2.35. The third-order valence-electron chi connectivity index (χ3n) is 4.32. The van der Waals surface area contributed by atoms with Crippen molar-refractivity contribution in [3.8, 4) is 0 Å². The zero-order valence-electron chi connectivity index (χ0n) is 13.1. The van der Waals surface area contributed by atoms with Gasteiger partial charge < -0.3 is 10.2 Å². The number of benzene rings is 1. The fourth-order valence-corrected chi connectivity index (χ4v) is 2.84. The second-order valence-corrected chi connectivity index (χ2v) is 6.16. The average molecular weight is 291 g/mol. The summed E-state index contributed by atoms with van der Waals surface area (Å²) < 4.78 is 0. The number of nitro groups is 1. The van der Waals surface area contributed by atoms with E-state index in [-0.39, 0.29) is 10.6 Å². The molecule has 21 heavy (non-hydrogen) atoms. The Hall–Kier alpha value is -1.46. The second kappa shape index (κ2) is 7.00. The number of piperidine rings is 1. The van der Waals surface area contributed by atoms with E-state index in [0.29, 0.717) is 24.2 Å². The van der Waals surface area contributed by atoms with Crippen LogP contribution in [0.4, 0.5) is 5.69 Å². The molecule has 1 aliphatic rings. The van der Waals surface area contributed by atoms with Crippen LogP contribution in [0.5, 0.6) is 0 Å². The maximum absolute atomic E-state index is 11.0. The van der Waals surface area contributed by atoms with E-state index in [2.05, 4.69) is 24.1 Å². The van der Waals surface area contributed by atoms with Crippen LogP contribution in [0.1, 0.15) is 37.8 Å². The number of aryl methyl sites for hydroxylation is 1. The summed E-state index contributed by atoms with van der Waals surface area (Å²) in [7, 11) is 0. The average Bonchev–Trinajstić information content (AvgIpc) is 2.46. The maximum Gasteiger partial charge on any atom is 0.272 e. The second-order valence-electron chi connectivity index (χ2n) is 6.16. The Labute approximate surface area is 126 Å². The normalized spacial score (nSPS) is 17.3. The minimum Gasteiger partial charge on any atom is -0.310 e. The molecule has 0 aromatic heterocycles. The van der Waals surface area contributed by atoms with Crippen molar-refractivity contribution < 1.29 is 4.92 Å². The topological polar surface area (TPSA) is 58.4 Å². The molecule has 5 nitrogen and oxygen atoms in total. The van der Waals surface area contributed by atoms with Crippen molar-refractivity contribution in [3.63, 3.8) is 0 Å². The molecule has 1 aromatic rings. The Balaban J connectivity index is 1.87. The summed E-state index contributed by atoms with van der Waals surface area (Å²) in [6.07, 6.45) is 2.29. The summed E-state index contributed by atoms with van der Waals surface area (Å²) in [6, 6.07) is 6.62. The van der Waals surface area contributed by atoms with Gasteiger partial charge in [-0.25, -0.2) is 0 Å². The molecule has 0 amide bonds. The molecule has 1 saturated heterocycles. The fraction of sp³-hybridized carbons (Fsp3) is 0.625. The third kappa shape index (κ3) is 4.25. The van der Waals surface area contributed by atoms with E-state index in [1.165, 1.54) is 0 Å². The third-order valence-corrected chi connectivity index (χ3v) is 4.32. The van der Waals surface area contributed by atoms with Crippen molar-refractivity contribution in [3.05, 3.63) is 39.4 Å². The van der Waals surface area contributed by atoms with Gasteiger partial charge in [-0.1, -0.05) is 12.1 Å². The fourth-order valence-electron chi connectivity index (χ4n) is 2.84. The van der Waals surface area contributed by atoms with Crippen molar-refractivity contribution in [1.29, 1.82) is 0 Å². The standard InChI is InChI=1S/C16H25N3O2/c1-12(2)18-8-6-15(7-9-18)17-11-14-5-4-13(3)16(10-14)19(20)21/h4-5,10,12,15,17H,6-9,11H2,1-3H3. The van der Waals surface area contributed by atoms with Gasteiger partial charge in [0.05, 0.1) is 4.92 Å². The van der Waals surface area contributed by atoms with Crippen LogP contribution in [0.2, 0.25) is 0 Å². The van der Waals surface area contributed by atoms with E-state index in [0.717, 1.165) is 31.5 Å². The molecule has 0 saturated carbocycles. The van der Waals surface area contributed by atoms with Crippen molar-refractivity contribution in [1.82, 2.24) is 10.2 Å². The molecule has 2 rings (SSSR count). The van der Waals surface area contributed by atoms with Crippen molar-refractivity contribution in [2.24, 2.45) is 0 Å². The van der Waals surface area contributed by atoms with Crippen LogP contribution in [0.15, 0.2) is 18.2 Å². The molecule has 0 radical (unpaired) electrons. The first-order valence-corrected chi connectivity index (χ1v) is 7.68. The van der Waals surface area contributed by atoms with Gasteiger partial charge in [-0.3, -0.25) is 10.1 Å². The van der Waals surface area contributed by atoms with Crippen molar-refractivity contribution in [2.45, 2.75) is 52.2 Å². The largest absolute Gasteiger partial charge is 0.310 e. The summed E-state index contributed by atoms with van der Waals surface area (Å²) in [6.45, 7) is 9.20. The molecule has 1 fully saturated rings. The summed E-state index contributed by atoms with van der Waals surface area (Å²) in [5, 5.41) is 14.5.